The summed E-state index contributed by atoms with van der Waals surface area (Å²) in [7, 11) is -6.89. The Labute approximate surface area is 266 Å². The predicted molar refractivity (Wildman–Crippen MR) is 171 cm³/mol. The van der Waals surface area contributed by atoms with Crippen LogP contribution in [0.2, 0.25) is 0 Å². The van der Waals surface area contributed by atoms with Crippen molar-refractivity contribution in [3.8, 4) is 5.75 Å². The summed E-state index contributed by atoms with van der Waals surface area (Å²) in [5.41, 5.74) is 1.81. The van der Waals surface area contributed by atoms with E-state index in [9.17, 15) is 26.2 Å². The Morgan fingerprint density at radius 3 is 2.48 bits per heavy atom. The monoisotopic (exact) mass is 769 g/mol. The smallest absolute Gasteiger partial charge is 0.337 e. The number of thiazole rings is 1. The van der Waals surface area contributed by atoms with E-state index in [0.29, 0.717) is 48.7 Å². The topological polar surface area (TPSA) is 151 Å². The van der Waals surface area contributed by atoms with E-state index in [2.05, 4.69) is 33.2 Å². The van der Waals surface area contributed by atoms with Gasteiger partial charge in [-0.25, -0.2) is 4.79 Å². The third-order valence-corrected chi connectivity index (χ3v) is 11.1. The number of halogens is 1. The van der Waals surface area contributed by atoms with Gasteiger partial charge >= 0.3 is 5.97 Å². The second-order valence-electron chi connectivity index (χ2n) is 9.43. The molecular formula is C26H30IN2O9S4+. The van der Waals surface area contributed by atoms with Crippen LogP contribution in [-0.2, 0) is 31.5 Å². The summed E-state index contributed by atoms with van der Waals surface area (Å²) >= 11 is 5.54. The summed E-state index contributed by atoms with van der Waals surface area (Å²) in [5, 5.41) is 0.967. The van der Waals surface area contributed by atoms with Gasteiger partial charge in [-0.15, -0.1) is 0 Å². The lowest BCUT2D eigenvalue weighted by atomic mass is 10.1. The minimum Gasteiger partial charge on any atom is -0.465 e. The molecule has 228 valence electrons. The van der Waals surface area contributed by atoms with Crippen LogP contribution in [0.3, 0.4) is 0 Å². The van der Waals surface area contributed by atoms with Crippen LogP contribution in [0.1, 0.15) is 48.0 Å². The van der Waals surface area contributed by atoms with Crippen LogP contribution in [0.15, 0.2) is 41.8 Å². The molecule has 0 saturated heterocycles. The maximum atomic E-state index is 12.2. The van der Waals surface area contributed by atoms with E-state index in [0.717, 1.165) is 23.0 Å². The van der Waals surface area contributed by atoms with Crippen LogP contribution in [0.25, 0.3) is 15.6 Å². The van der Waals surface area contributed by atoms with Crippen molar-refractivity contribution in [1.29, 1.82) is 0 Å². The summed E-state index contributed by atoms with van der Waals surface area (Å²) in [5.74, 6) is -0.291. The lowest BCUT2D eigenvalue weighted by molar-refractivity contribution is -0.667. The third kappa shape index (κ3) is 8.51. The molecule has 0 atom stereocenters. The van der Waals surface area contributed by atoms with Crippen LogP contribution in [0.4, 0.5) is 5.69 Å². The zero-order chi connectivity index (χ0) is 30.7. The number of unbranched alkanes of at least 4 members (excludes halogenated alkanes) is 1. The summed E-state index contributed by atoms with van der Waals surface area (Å²) < 4.78 is 78.8. The van der Waals surface area contributed by atoms with E-state index >= 15 is 0 Å². The van der Waals surface area contributed by atoms with Crippen molar-refractivity contribution in [2.75, 3.05) is 30.1 Å². The fraction of sp³-hybridized carbons (Fsp3) is 0.385. The largest absolute Gasteiger partial charge is 0.465 e. The van der Waals surface area contributed by atoms with E-state index < -0.39 is 32.0 Å². The summed E-state index contributed by atoms with van der Waals surface area (Å²) in [4.78, 5) is 15.0. The van der Waals surface area contributed by atoms with Gasteiger partial charge in [0.1, 0.15) is 4.70 Å². The number of methoxy groups -OCH3 is 1. The van der Waals surface area contributed by atoms with Crippen molar-refractivity contribution in [2.24, 2.45) is 0 Å². The molecule has 1 aromatic carbocycles. The number of anilines is 1. The number of aromatic nitrogens is 1. The van der Waals surface area contributed by atoms with E-state index in [-0.39, 0.29) is 18.7 Å². The maximum Gasteiger partial charge on any atom is 0.337 e. The number of fused-ring (bicyclic) bond motifs is 2. The maximum absolute atomic E-state index is 12.2. The SMILES string of the molecule is CCC(=Cc1sc2cc(I)sc2[n+]1CCCCS(=O)(=O)O)C=C1Oc2ccc(C(=O)OC)cc2N1CCCS(=O)(=O)O. The van der Waals surface area contributed by atoms with Crippen LogP contribution in [0, 0.1) is 2.88 Å². The van der Waals surface area contributed by atoms with E-state index in [4.69, 9.17) is 14.0 Å². The average Bonchev–Trinajstić information content (AvgIpc) is 3.54. The van der Waals surface area contributed by atoms with Gasteiger partial charge in [0, 0.05) is 25.1 Å². The lowest BCUT2D eigenvalue weighted by Crippen LogP contribution is -2.34. The van der Waals surface area contributed by atoms with Crippen LogP contribution >= 0.6 is 45.3 Å². The van der Waals surface area contributed by atoms with E-state index in [1.54, 1.807) is 45.8 Å². The average molecular weight is 770 g/mol. The van der Waals surface area contributed by atoms with Crippen molar-refractivity contribution in [1.82, 2.24) is 0 Å². The molecule has 1 aliphatic heterocycles. The molecule has 0 saturated carbocycles. The number of carbonyl (C=O) groups is 1. The van der Waals surface area contributed by atoms with Crippen LogP contribution < -0.4 is 14.2 Å². The molecule has 0 fully saturated rings. The molecule has 3 heterocycles. The molecule has 2 aromatic heterocycles. The predicted octanol–water partition coefficient (Wildman–Crippen LogP) is 5.12. The zero-order valence-electron chi connectivity index (χ0n) is 22.8. The quantitative estimate of drug-likeness (QED) is 0.0789. The molecular weight excluding hydrogens is 739 g/mol. The highest BCUT2D eigenvalue weighted by Crippen LogP contribution is 2.40. The lowest BCUT2D eigenvalue weighted by Gasteiger charge is -2.18. The first kappa shape index (κ1) is 32.8. The molecule has 3 aromatic rings. The number of allylic oxidation sites excluding steroid dienone is 2. The Hall–Kier alpha value is -2.09. The van der Waals surface area contributed by atoms with Crippen molar-refractivity contribution >= 4 is 92.8 Å². The Bertz CT molecular complexity index is 1760. The highest BCUT2D eigenvalue weighted by atomic mass is 127. The van der Waals surface area contributed by atoms with E-state index in [1.807, 2.05) is 19.1 Å². The van der Waals surface area contributed by atoms with Gasteiger partial charge in [-0.3, -0.25) is 9.11 Å². The molecule has 0 aliphatic carbocycles. The van der Waals surface area contributed by atoms with Crippen LogP contribution in [-0.4, -0.2) is 57.1 Å². The number of nitrogens with zero attached hydrogens (tertiary/aromatic N) is 2. The fourth-order valence-electron chi connectivity index (χ4n) is 4.39. The van der Waals surface area contributed by atoms with Gasteiger partial charge < -0.3 is 14.4 Å². The molecule has 1 aliphatic rings. The number of esters is 1. The highest BCUT2D eigenvalue weighted by Gasteiger charge is 2.29. The van der Waals surface area contributed by atoms with Crippen molar-refractivity contribution in [2.45, 2.75) is 39.2 Å². The van der Waals surface area contributed by atoms with Crippen molar-refractivity contribution in [3.63, 3.8) is 0 Å². The number of ether oxygens (including phenoxy) is 2. The van der Waals surface area contributed by atoms with Gasteiger partial charge in [-0.1, -0.05) is 29.6 Å². The summed E-state index contributed by atoms with van der Waals surface area (Å²) in [6, 6.07) is 6.97. The third-order valence-electron chi connectivity index (χ3n) is 6.37. The number of hydrogen-bond acceptors (Lipinski definition) is 10. The molecule has 0 spiro atoms. The van der Waals surface area contributed by atoms with Crippen molar-refractivity contribution in [3.05, 3.63) is 55.3 Å². The summed E-state index contributed by atoms with van der Waals surface area (Å²) in [6.45, 7) is 2.78. The van der Waals surface area contributed by atoms with Gasteiger partial charge in [0.2, 0.25) is 5.88 Å². The minimum absolute atomic E-state index is 0.121. The molecule has 11 nitrogen and oxygen atoms in total. The number of rotatable bonds is 13. The summed E-state index contributed by atoms with van der Waals surface area (Å²) in [6.07, 6.45) is 5.57. The second kappa shape index (κ2) is 13.7. The number of benzene rings is 1. The Morgan fingerprint density at radius 2 is 1.81 bits per heavy atom. The Balaban J connectivity index is 1.68. The minimum atomic E-state index is -4.16. The molecule has 0 radical (unpaired) electrons. The number of carbonyl (C=O) groups excluding carboxylic acids is 1. The first-order chi connectivity index (χ1) is 19.8. The standard InChI is InChI=1S/C26H29IN2O9S4/c1-3-17(14-24-29(9-4-5-11-41(31,32)33)25-21(39-24)16-22(27)40-25)13-23-28(10-6-12-42(34,35)36)19-15-18(26(30)37-2)7-8-20(19)38-23/h7-8,13-16H,3-6,9-12H2,1-2H3,(H-,31,32,33,34,35,36)/p+1. The van der Waals surface area contributed by atoms with Gasteiger partial charge in [-0.05, 0) is 71.7 Å². The van der Waals surface area contributed by atoms with Crippen LogP contribution in [0.5, 0.6) is 5.75 Å². The molecule has 0 amide bonds. The first-order valence-corrected chi connectivity index (χ1v) is 18.8. The zero-order valence-corrected chi connectivity index (χ0v) is 28.2. The van der Waals surface area contributed by atoms with Crippen molar-refractivity contribution < 1.29 is 44.8 Å². The molecule has 16 heteroatoms. The highest BCUT2D eigenvalue weighted by molar-refractivity contribution is 14.1. The normalized spacial score (nSPS) is 14.9. The number of hydrogen-bond donors (Lipinski definition) is 2. The molecule has 0 bridgehead atoms. The first-order valence-electron chi connectivity index (χ1n) is 12.9. The van der Waals surface area contributed by atoms with Gasteiger partial charge in [-0.2, -0.15) is 21.4 Å². The molecule has 2 N–H and O–H groups in total. The van der Waals surface area contributed by atoms with Gasteiger partial charge in [0.15, 0.2) is 12.3 Å². The molecule has 4 rings (SSSR count). The number of aryl methyl sites for hydroxylation is 1. The molecule has 42 heavy (non-hydrogen) atoms. The Kier molecular flexibility index (Phi) is 10.7. The fourth-order valence-corrected chi connectivity index (χ4v) is 8.91. The Morgan fingerprint density at radius 1 is 1.10 bits per heavy atom. The van der Waals surface area contributed by atoms with E-state index in [1.165, 1.54) is 7.11 Å². The second-order valence-corrected chi connectivity index (χ2v) is 16.6. The number of thiophene rings is 1. The van der Waals surface area contributed by atoms with Gasteiger partial charge in [0.25, 0.3) is 30.1 Å². The molecule has 0 unspecified atom stereocenters. The van der Waals surface area contributed by atoms with Gasteiger partial charge in [0.05, 0.1) is 32.8 Å².